The molecular weight excluding hydrogens is 214 g/mol. The lowest BCUT2D eigenvalue weighted by Gasteiger charge is -2.35. The summed E-state index contributed by atoms with van der Waals surface area (Å²) in [5.74, 6) is 0.795. The Labute approximate surface area is 105 Å². The highest BCUT2D eigenvalue weighted by Gasteiger charge is 2.30. The summed E-state index contributed by atoms with van der Waals surface area (Å²) in [5.41, 5.74) is -0.463. The predicted molar refractivity (Wildman–Crippen MR) is 71.0 cm³/mol. The molecule has 1 rings (SSSR count). The first-order chi connectivity index (χ1) is 7.86. The number of hydrogen-bond donors (Lipinski definition) is 1. The quantitative estimate of drug-likeness (QED) is 0.790. The normalized spacial score (nSPS) is 22.5. The lowest BCUT2D eigenvalue weighted by Crippen LogP contribution is -2.53. The van der Waals surface area contributed by atoms with Gasteiger partial charge in [0.25, 0.3) is 0 Å². The molecule has 0 spiro atoms. The Morgan fingerprint density at radius 2 is 2.18 bits per heavy atom. The Morgan fingerprint density at radius 1 is 1.53 bits per heavy atom. The molecule has 0 radical (unpaired) electrons. The van der Waals surface area contributed by atoms with Gasteiger partial charge in [-0.25, -0.2) is 0 Å². The molecule has 0 aliphatic carbocycles. The van der Waals surface area contributed by atoms with E-state index in [4.69, 9.17) is 0 Å². The maximum absolute atomic E-state index is 12.2. The van der Waals surface area contributed by atoms with Gasteiger partial charge in [0.1, 0.15) is 0 Å². The van der Waals surface area contributed by atoms with Crippen LogP contribution in [0.4, 0.5) is 0 Å². The van der Waals surface area contributed by atoms with Crippen LogP contribution >= 0.6 is 0 Å². The van der Waals surface area contributed by atoms with Crippen LogP contribution in [0.15, 0.2) is 0 Å². The van der Waals surface area contributed by atoms with Gasteiger partial charge in [-0.2, -0.15) is 0 Å². The minimum atomic E-state index is -0.463. The van der Waals surface area contributed by atoms with E-state index >= 15 is 0 Å². The molecule has 1 aliphatic rings. The second-order valence-electron chi connectivity index (χ2n) is 5.83. The van der Waals surface area contributed by atoms with Gasteiger partial charge in [0.05, 0.1) is 5.54 Å². The number of likely N-dealkylation sites (tertiary alicyclic amines) is 1. The average Bonchev–Trinajstić information content (AvgIpc) is 2.28. The zero-order chi connectivity index (χ0) is 13.1. The number of hydrogen-bond acceptors (Lipinski definition) is 3. The number of rotatable bonds is 4. The Hall–Kier alpha value is -0.610. The van der Waals surface area contributed by atoms with Crippen molar-refractivity contribution < 1.29 is 4.79 Å². The van der Waals surface area contributed by atoms with Crippen LogP contribution < -0.4 is 5.32 Å². The molecule has 1 saturated heterocycles. The number of nitrogens with zero attached hydrogens (tertiary/aromatic N) is 2. The van der Waals surface area contributed by atoms with E-state index in [1.165, 1.54) is 19.4 Å². The van der Waals surface area contributed by atoms with Gasteiger partial charge in [-0.15, -0.1) is 0 Å². The molecule has 17 heavy (non-hydrogen) atoms. The molecule has 4 heteroatoms. The first-order valence-electron chi connectivity index (χ1n) is 6.50. The average molecular weight is 241 g/mol. The molecule has 4 nitrogen and oxygen atoms in total. The minimum Gasteiger partial charge on any atom is -0.344 e. The van der Waals surface area contributed by atoms with Gasteiger partial charge in [0.15, 0.2) is 0 Å². The third-order valence-corrected chi connectivity index (χ3v) is 3.76. The van der Waals surface area contributed by atoms with E-state index in [0.29, 0.717) is 5.92 Å². The summed E-state index contributed by atoms with van der Waals surface area (Å²) in [6.45, 7) is 7.03. The molecule has 1 amide bonds. The molecular formula is C13H27N3O. The first kappa shape index (κ1) is 14.5. The smallest absolute Gasteiger partial charge is 0.242 e. The fourth-order valence-corrected chi connectivity index (χ4v) is 2.48. The minimum absolute atomic E-state index is 0.174. The SMILES string of the molecule is CNC(C)(C)C(=O)N(C)CC1CCCN(C)C1. The number of carbonyl (C=O) groups is 1. The van der Waals surface area contributed by atoms with Crippen LogP contribution in [0, 0.1) is 5.92 Å². The van der Waals surface area contributed by atoms with E-state index in [9.17, 15) is 4.79 Å². The number of piperidine rings is 1. The second-order valence-corrected chi connectivity index (χ2v) is 5.83. The molecule has 0 aromatic carbocycles. The highest BCUT2D eigenvalue weighted by atomic mass is 16.2. The van der Waals surface area contributed by atoms with Crippen molar-refractivity contribution in [2.24, 2.45) is 5.92 Å². The number of amides is 1. The highest BCUT2D eigenvalue weighted by molar-refractivity contribution is 5.85. The van der Waals surface area contributed by atoms with Crippen molar-refractivity contribution in [2.75, 3.05) is 40.8 Å². The van der Waals surface area contributed by atoms with Crippen molar-refractivity contribution in [3.63, 3.8) is 0 Å². The lowest BCUT2D eigenvalue weighted by molar-refractivity contribution is -0.136. The van der Waals surface area contributed by atoms with Gasteiger partial charge >= 0.3 is 0 Å². The van der Waals surface area contributed by atoms with Crippen molar-refractivity contribution in [2.45, 2.75) is 32.2 Å². The Balaban J connectivity index is 2.48. The number of carbonyl (C=O) groups excluding carboxylic acids is 1. The molecule has 0 aromatic rings. The van der Waals surface area contributed by atoms with Crippen LogP contribution in [0.5, 0.6) is 0 Å². The van der Waals surface area contributed by atoms with E-state index in [2.05, 4.69) is 17.3 Å². The van der Waals surface area contributed by atoms with Crippen molar-refractivity contribution in [3.05, 3.63) is 0 Å². The summed E-state index contributed by atoms with van der Waals surface area (Å²) in [6.07, 6.45) is 2.49. The predicted octanol–water partition coefficient (Wildman–Crippen LogP) is 0.785. The van der Waals surface area contributed by atoms with E-state index in [0.717, 1.165) is 13.1 Å². The molecule has 1 unspecified atom stereocenters. The molecule has 1 atom stereocenters. The largest absolute Gasteiger partial charge is 0.344 e. The van der Waals surface area contributed by atoms with E-state index < -0.39 is 5.54 Å². The fourth-order valence-electron chi connectivity index (χ4n) is 2.48. The van der Waals surface area contributed by atoms with Gasteiger partial charge in [-0.1, -0.05) is 0 Å². The van der Waals surface area contributed by atoms with Crippen molar-refractivity contribution in [3.8, 4) is 0 Å². The Bertz CT molecular complexity index is 265. The zero-order valence-corrected chi connectivity index (χ0v) is 11.9. The van der Waals surface area contributed by atoms with Crippen LogP contribution in [0.2, 0.25) is 0 Å². The molecule has 0 aromatic heterocycles. The van der Waals surface area contributed by atoms with Gasteiger partial charge in [0, 0.05) is 20.1 Å². The van der Waals surface area contributed by atoms with E-state index in [-0.39, 0.29) is 5.91 Å². The fraction of sp³-hybridized carbons (Fsp3) is 0.923. The Morgan fingerprint density at radius 3 is 2.71 bits per heavy atom. The van der Waals surface area contributed by atoms with Crippen LogP contribution in [0.25, 0.3) is 0 Å². The Kier molecular flexibility index (Phi) is 4.95. The van der Waals surface area contributed by atoms with Crippen molar-refractivity contribution in [1.82, 2.24) is 15.1 Å². The monoisotopic (exact) mass is 241 g/mol. The van der Waals surface area contributed by atoms with Crippen molar-refractivity contribution >= 4 is 5.91 Å². The lowest BCUT2D eigenvalue weighted by atomic mass is 9.96. The van der Waals surface area contributed by atoms with Crippen LogP contribution in [-0.4, -0.2) is 62.0 Å². The maximum Gasteiger partial charge on any atom is 0.242 e. The molecule has 1 aliphatic heterocycles. The topological polar surface area (TPSA) is 35.6 Å². The van der Waals surface area contributed by atoms with Gasteiger partial charge in [-0.05, 0) is 53.2 Å². The van der Waals surface area contributed by atoms with Crippen LogP contribution in [0.1, 0.15) is 26.7 Å². The van der Waals surface area contributed by atoms with Crippen LogP contribution in [0.3, 0.4) is 0 Å². The van der Waals surface area contributed by atoms with Gasteiger partial charge < -0.3 is 15.1 Å². The molecule has 1 N–H and O–H groups in total. The maximum atomic E-state index is 12.2. The van der Waals surface area contributed by atoms with Gasteiger partial charge in [0.2, 0.25) is 5.91 Å². The summed E-state index contributed by atoms with van der Waals surface area (Å²) in [7, 11) is 5.90. The van der Waals surface area contributed by atoms with Gasteiger partial charge in [-0.3, -0.25) is 4.79 Å². The third kappa shape index (κ3) is 3.96. The number of likely N-dealkylation sites (N-methyl/N-ethyl adjacent to an activating group) is 2. The van der Waals surface area contributed by atoms with E-state index in [1.54, 1.807) is 0 Å². The summed E-state index contributed by atoms with van der Waals surface area (Å²) in [5, 5.41) is 3.07. The molecule has 0 saturated carbocycles. The highest BCUT2D eigenvalue weighted by Crippen LogP contribution is 2.17. The number of nitrogens with one attached hydrogen (secondary N) is 1. The van der Waals surface area contributed by atoms with Crippen LogP contribution in [-0.2, 0) is 4.79 Å². The standard InChI is InChI=1S/C13H27N3O/c1-13(2,14-3)12(17)16(5)10-11-7-6-8-15(4)9-11/h11,14H,6-10H2,1-5H3. The molecule has 1 fully saturated rings. The molecule has 100 valence electrons. The first-order valence-corrected chi connectivity index (χ1v) is 6.50. The summed E-state index contributed by atoms with van der Waals surface area (Å²) in [4.78, 5) is 16.4. The molecule has 1 heterocycles. The summed E-state index contributed by atoms with van der Waals surface area (Å²) in [6, 6.07) is 0. The van der Waals surface area contributed by atoms with Crippen molar-refractivity contribution in [1.29, 1.82) is 0 Å². The summed E-state index contributed by atoms with van der Waals surface area (Å²) >= 11 is 0. The summed E-state index contributed by atoms with van der Waals surface area (Å²) < 4.78 is 0. The zero-order valence-electron chi connectivity index (χ0n) is 11.9. The molecule has 0 bridgehead atoms. The second kappa shape index (κ2) is 5.83. The third-order valence-electron chi connectivity index (χ3n) is 3.76. The van der Waals surface area contributed by atoms with E-state index in [1.807, 2.05) is 32.8 Å².